The van der Waals surface area contributed by atoms with Crippen molar-refractivity contribution in [2.45, 2.75) is 250 Å². The second-order valence-corrected chi connectivity index (χ2v) is 23.7. The van der Waals surface area contributed by atoms with Crippen LogP contribution in [-0.2, 0) is 52.5 Å². The zero-order chi connectivity index (χ0) is 59.2. The average Bonchev–Trinajstić information content (AvgIpc) is 3.42. The van der Waals surface area contributed by atoms with Crippen LogP contribution in [0, 0.1) is 23.2 Å². The lowest BCUT2D eigenvalue weighted by atomic mass is 9.80. The molecule has 0 spiro atoms. The molecule has 0 aromatic rings. The van der Waals surface area contributed by atoms with E-state index in [1.54, 1.807) is 0 Å². The van der Waals surface area contributed by atoms with Gasteiger partial charge in [0.25, 0.3) is 0 Å². The highest BCUT2D eigenvalue weighted by Crippen LogP contribution is 2.33. The Morgan fingerprint density at radius 3 is 1.55 bits per heavy atom. The van der Waals surface area contributed by atoms with E-state index in [4.69, 9.17) is 23.7 Å². The third-order valence-corrected chi connectivity index (χ3v) is 15.4. The number of nitrogens with one attached hydrogen (secondary N) is 6. The lowest BCUT2D eigenvalue weighted by molar-refractivity contribution is -0.270. The summed E-state index contributed by atoms with van der Waals surface area (Å²) < 4.78 is 29.1. The number of unbranched alkanes of at least 4 members (excludes halogenated alkanes) is 7. The third-order valence-electron chi connectivity index (χ3n) is 15.4. The lowest BCUT2D eigenvalue weighted by Crippen LogP contribution is -2.64. The zero-order valence-corrected chi connectivity index (χ0v) is 49.1. The zero-order valence-electron chi connectivity index (χ0n) is 49.1. The second kappa shape index (κ2) is 38.3. The first-order valence-electron chi connectivity index (χ1n) is 29.8. The Morgan fingerprint density at radius 2 is 1.05 bits per heavy atom. The molecule has 2 saturated heterocycles. The quantitative estimate of drug-likeness (QED) is 0.0391. The molecule has 3 aliphatic rings. The van der Waals surface area contributed by atoms with Crippen molar-refractivity contribution in [2.24, 2.45) is 23.2 Å². The van der Waals surface area contributed by atoms with Gasteiger partial charge in [0.1, 0.15) is 54.7 Å². The van der Waals surface area contributed by atoms with Gasteiger partial charge in [0.15, 0.2) is 12.6 Å². The molecule has 3 fully saturated rings. The molecule has 2 heterocycles. The molecule has 0 aromatic heterocycles. The minimum absolute atomic E-state index is 0.00428. The van der Waals surface area contributed by atoms with Crippen molar-refractivity contribution in [3.63, 3.8) is 0 Å². The molecule has 464 valence electrons. The van der Waals surface area contributed by atoms with Crippen molar-refractivity contribution in [2.75, 3.05) is 52.7 Å². The van der Waals surface area contributed by atoms with E-state index >= 15 is 0 Å². The molecule has 12 atom stereocenters. The maximum absolute atomic E-state index is 13.5. The Labute approximate surface area is 475 Å². The number of carbonyl (C=O) groups is 6. The number of amides is 6. The average molecular weight is 1150 g/mol. The van der Waals surface area contributed by atoms with Gasteiger partial charge >= 0.3 is 0 Å². The normalized spacial score (nSPS) is 26.9. The predicted molar refractivity (Wildman–Crippen MR) is 297 cm³/mol. The van der Waals surface area contributed by atoms with Crippen LogP contribution >= 0.6 is 0 Å². The van der Waals surface area contributed by atoms with Crippen LogP contribution in [0.2, 0.25) is 0 Å². The largest absolute Gasteiger partial charge is 0.394 e. The van der Waals surface area contributed by atoms with Gasteiger partial charge < -0.3 is 86.2 Å². The number of rotatable bonds is 39. The molecule has 2 aliphatic heterocycles. The molecule has 12 N–H and O–H groups in total. The molecule has 11 unspecified atom stereocenters. The molecule has 1 saturated carbocycles. The molecule has 0 radical (unpaired) electrons. The molecule has 0 bridgehead atoms. The van der Waals surface area contributed by atoms with Crippen molar-refractivity contribution in [1.82, 2.24) is 31.9 Å². The van der Waals surface area contributed by atoms with E-state index in [1.165, 1.54) is 26.7 Å². The van der Waals surface area contributed by atoms with E-state index < -0.39 is 92.4 Å². The molecule has 0 aromatic carbocycles. The number of carbonyl (C=O) groups excluding carboxylic acids is 6. The topological polar surface area (TPSA) is 342 Å². The number of hydrogen-bond acceptors (Lipinski definition) is 17. The van der Waals surface area contributed by atoms with Gasteiger partial charge in [-0.3, -0.25) is 28.8 Å². The number of aliphatic hydroxyl groups is 6. The van der Waals surface area contributed by atoms with Gasteiger partial charge in [0, 0.05) is 66.0 Å². The Hall–Kier alpha value is -3.62. The van der Waals surface area contributed by atoms with Crippen LogP contribution in [0.3, 0.4) is 0 Å². The second-order valence-electron chi connectivity index (χ2n) is 23.7. The summed E-state index contributed by atoms with van der Waals surface area (Å²) in [6.07, 6.45) is 3.46. The first-order chi connectivity index (χ1) is 38.0. The Kier molecular flexibility index (Phi) is 33.8. The van der Waals surface area contributed by atoms with Crippen LogP contribution in [-0.4, -0.2) is 192 Å². The highest BCUT2D eigenvalue weighted by Gasteiger charge is 2.46. The highest BCUT2D eigenvalue weighted by molar-refractivity contribution is 5.87. The highest BCUT2D eigenvalue weighted by atomic mass is 16.7. The fraction of sp³-hybridized carbons (Fsp3) is 0.895. The molecular weight excluding hydrogens is 1040 g/mol. The summed E-state index contributed by atoms with van der Waals surface area (Å²) in [4.78, 5) is 75.5. The van der Waals surface area contributed by atoms with Crippen LogP contribution in [0.25, 0.3) is 0 Å². The van der Waals surface area contributed by atoms with Crippen LogP contribution in [0.5, 0.6) is 0 Å². The van der Waals surface area contributed by atoms with E-state index in [-0.39, 0.29) is 55.1 Å². The van der Waals surface area contributed by atoms with Crippen molar-refractivity contribution in [3.05, 3.63) is 0 Å². The van der Waals surface area contributed by atoms with Crippen molar-refractivity contribution < 1.29 is 83.1 Å². The summed E-state index contributed by atoms with van der Waals surface area (Å²) in [5.74, 6) is 0.137. The maximum Gasteiger partial charge on any atom is 0.242 e. The van der Waals surface area contributed by atoms with Crippen molar-refractivity contribution >= 4 is 35.4 Å². The van der Waals surface area contributed by atoms with Gasteiger partial charge in [0.2, 0.25) is 35.4 Å². The molecule has 6 amide bonds. The van der Waals surface area contributed by atoms with E-state index in [9.17, 15) is 59.4 Å². The smallest absolute Gasteiger partial charge is 0.242 e. The maximum atomic E-state index is 13.5. The van der Waals surface area contributed by atoms with E-state index in [1.807, 2.05) is 0 Å². The predicted octanol–water partition coefficient (Wildman–Crippen LogP) is 1.88. The summed E-state index contributed by atoms with van der Waals surface area (Å²) in [5, 5.41) is 77.4. The van der Waals surface area contributed by atoms with Crippen molar-refractivity contribution in [3.8, 4) is 0 Å². The summed E-state index contributed by atoms with van der Waals surface area (Å²) in [6.45, 7) is 15.0. The van der Waals surface area contributed by atoms with Crippen LogP contribution < -0.4 is 31.9 Å². The number of hydrogen-bond donors (Lipinski definition) is 12. The molecular formula is C57H104N6O17. The van der Waals surface area contributed by atoms with Gasteiger partial charge in [0.05, 0.1) is 25.9 Å². The summed E-state index contributed by atoms with van der Waals surface area (Å²) >= 11 is 0. The molecule has 80 heavy (non-hydrogen) atoms. The summed E-state index contributed by atoms with van der Waals surface area (Å²) in [6, 6.07) is -2.91. The first-order valence-corrected chi connectivity index (χ1v) is 29.8. The van der Waals surface area contributed by atoms with E-state index in [2.05, 4.69) is 66.5 Å². The SMILES string of the molecule is CC(=O)NC1C(OCCCCCC(=O)NCCCC[C@H](NC(=O)CCCCCOC2OC(CO)C(O)C(O)C2NC(C)=O)C(=O)NCCCCCC(=O)NCC(C)CC(C)(C)COC2CCC(C(C)C)CC2)OC(CO)C(O)C1O. The molecule has 23 heteroatoms. The monoisotopic (exact) mass is 1140 g/mol. The van der Waals surface area contributed by atoms with E-state index in [0.717, 1.165) is 37.5 Å². The standard InChI is InChI=1S/C57H104N6O17/c1-36(2)40-23-25-41(26-24-40)78-35-57(6,7)31-37(3)32-60-46(69)21-11-8-15-28-59-54(75)42(63-47(70)22-13-10-18-30-77-56-49(62-39(5)67)53(74)51(72)44(34-65)80-56)19-14-16-27-58-45(68)20-12-9-17-29-76-55-48(61-38(4)66)52(73)50(71)43(33-64)79-55/h36-37,40-44,48-53,55-56,64-65,71-74H,8-35H2,1-7H3,(H,58,68)(H,59,75)(H,60,69)(H,61,66)(H,62,67)(H,63,70)/t37?,40?,41?,42-,43?,44?,48?,49?,50?,51?,52?,53?,55?,56?/m0/s1. The van der Waals surface area contributed by atoms with E-state index in [0.29, 0.717) is 115 Å². The Balaban J connectivity index is 1.38. The Morgan fingerprint density at radius 1 is 0.575 bits per heavy atom. The van der Waals surface area contributed by atoms with Gasteiger partial charge in [-0.05, 0) is 113 Å². The first kappa shape index (κ1) is 70.6. The van der Waals surface area contributed by atoms with Crippen LogP contribution in [0.4, 0.5) is 0 Å². The van der Waals surface area contributed by atoms with Crippen LogP contribution in [0.15, 0.2) is 0 Å². The minimum Gasteiger partial charge on any atom is -0.394 e. The summed E-state index contributed by atoms with van der Waals surface area (Å²) in [5.41, 5.74) is 0.00480. The minimum atomic E-state index is -1.43. The van der Waals surface area contributed by atoms with Gasteiger partial charge in [-0.15, -0.1) is 0 Å². The van der Waals surface area contributed by atoms with Gasteiger partial charge in [-0.25, -0.2) is 0 Å². The van der Waals surface area contributed by atoms with Crippen LogP contribution in [0.1, 0.15) is 177 Å². The fourth-order valence-electron chi connectivity index (χ4n) is 10.7. The third kappa shape index (κ3) is 27.2. The molecule has 1 aliphatic carbocycles. The van der Waals surface area contributed by atoms with Gasteiger partial charge in [-0.2, -0.15) is 0 Å². The molecule has 23 nitrogen and oxygen atoms in total. The number of ether oxygens (including phenoxy) is 5. The Bertz CT molecular complexity index is 1810. The number of aliphatic hydroxyl groups excluding tert-OH is 6. The van der Waals surface area contributed by atoms with Crippen molar-refractivity contribution in [1.29, 1.82) is 0 Å². The fourth-order valence-corrected chi connectivity index (χ4v) is 10.7. The molecule has 3 rings (SSSR count). The summed E-state index contributed by atoms with van der Waals surface area (Å²) in [7, 11) is 0. The van der Waals surface area contributed by atoms with Gasteiger partial charge in [-0.1, -0.05) is 53.9 Å². The lowest BCUT2D eigenvalue weighted by Gasteiger charge is -2.42.